The predicted molar refractivity (Wildman–Crippen MR) is 141 cm³/mol. The molecular formula is C27H42N4O5. The Morgan fingerprint density at radius 3 is 2.36 bits per heavy atom. The van der Waals surface area contributed by atoms with Crippen molar-refractivity contribution < 1.29 is 23.9 Å². The van der Waals surface area contributed by atoms with Gasteiger partial charge in [-0.15, -0.1) is 0 Å². The summed E-state index contributed by atoms with van der Waals surface area (Å²) in [7, 11) is 0. The van der Waals surface area contributed by atoms with Crippen LogP contribution in [0, 0.1) is 0 Å². The molecule has 9 heteroatoms. The molecule has 0 radical (unpaired) electrons. The smallest absolute Gasteiger partial charge is 0.408 e. The van der Waals surface area contributed by atoms with E-state index in [0.29, 0.717) is 18.5 Å². The largest absolute Gasteiger partial charge is 0.444 e. The molecule has 0 aliphatic carbocycles. The van der Waals surface area contributed by atoms with Crippen molar-refractivity contribution >= 4 is 29.9 Å². The predicted octanol–water partition coefficient (Wildman–Crippen LogP) is 3.68. The van der Waals surface area contributed by atoms with Crippen LogP contribution in [-0.4, -0.2) is 53.4 Å². The number of benzene rings is 1. The lowest BCUT2D eigenvalue weighted by atomic mass is 9.99. The Morgan fingerprint density at radius 1 is 1.14 bits per heavy atom. The molecule has 1 rings (SSSR count). The molecule has 4 amide bonds. The number of nitrogens with one attached hydrogen (secondary N) is 2. The van der Waals surface area contributed by atoms with Gasteiger partial charge in [0.2, 0.25) is 17.7 Å². The highest BCUT2D eigenvalue weighted by molar-refractivity contribution is 5.94. The molecule has 1 aromatic carbocycles. The zero-order chi connectivity index (χ0) is 27.3. The van der Waals surface area contributed by atoms with Gasteiger partial charge in [0, 0.05) is 13.1 Å². The van der Waals surface area contributed by atoms with Gasteiger partial charge in [-0.1, -0.05) is 57.5 Å². The van der Waals surface area contributed by atoms with E-state index in [1.807, 2.05) is 19.9 Å². The molecule has 0 aliphatic heterocycles. The number of primary amides is 1. The molecule has 0 aliphatic rings. The van der Waals surface area contributed by atoms with Crippen molar-refractivity contribution in [3.8, 4) is 0 Å². The van der Waals surface area contributed by atoms with Gasteiger partial charge in [-0.2, -0.15) is 0 Å². The van der Waals surface area contributed by atoms with Crippen LogP contribution in [0.2, 0.25) is 0 Å². The van der Waals surface area contributed by atoms with E-state index >= 15 is 0 Å². The number of carbonyl (C=O) groups is 4. The molecule has 0 saturated carbocycles. The molecular weight excluding hydrogens is 460 g/mol. The van der Waals surface area contributed by atoms with Crippen molar-refractivity contribution in [1.29, 1.82) is 0 Å². The summed E-state index contributed by atoms with van der Waals surface area (Å²) in [5.41, 5.74) is 5.99. The van der Waals surface area contributed by atoms with Crippen LogP contribution in [0.15, 0.2) is 30.8 Å². The summed E-state index contributed by atoms with van der Waals surface area (Å²) in [4.78, 5) is 53.0. The third-order valence-electron chi connectivity index (χ3n) is 5.28. The van der Waals surface area contributed by atoms with E-state index in [4.69, 9.17) is 10.5 Å². The summed E-state index contributed by atoms with van der Waals surface area (Å²) >= 11 is 0. The first-order valence-electron chi connectivity index (χ1n) is 12.5. The minimum Gasteiger partial charge on any atom is -0.444 e. The molecule has 200 valence electrons. The van der Waals surface area contributed by atoms with E-state index in [1.54, 1.807) is 45.0 Å². The monoisotopic (exact) mass is 502 g/mol. The van der Waals surface area contributed by atoms with Gasteiger partial charge in [0.25, 0.3) is 0 Å². The maximum atomic E-state index is 13.8. The SMILES string of the molecule is C=Cc1cccc(C(C(=O)NCCCC)N(CCCC)C(=O)C(CC(N)=O)NC(=O)OC(C)(C)C)c1. The highest BCUT2D eigenvalue weighted by Gasteiger charge is 2.36. The Labute approximate surface area is 214 Å². The van der Waals surface area contributed by atoms with Crippen LogP contribution in [0.5, 0.6) is 0 Å². The Morgan fingerprint density at radius 2 is 1.81 bits per heavy atom. The molecule has 0 aromatic heterocycles. The Balaban J connectivity index is 3.48. The number of ether oxygens (including phenoxy) is 1. The van der Waals surface area contributed by atoms with Crippen LogP contribution in [0.4, 0.5) is 4.79 Å². The minimum atomic E-state index is -1.29. The lowest BCUT2D eigenvalue weighted by Gasteiger charge is -2.34. The van der Waals surface area contributed by atoms with Crippen molar-refractivity contribution in [3.63, 3.8) is 0 Å². The van der Waals surface area contributed by atoms with Crippen LogP contribution in [0.1, 0.15) is 83.9 Å². The summed E-state index contributed by atoms with van der Waals surface area (Å²) in [6.45, 7) is 13.6. The molecule has 0 bridgehead atoms. The van der Waals surface area contributed by atoms with E-state index in [9.17, 15) is 19.2 Å². The maximum absolute atomic E-state index is 13.8. The zero-order valence-corrected chi connectivity index (χ0v) is 22.3. The summed E-state index contributed by atoms with van der Waals surface area (Å²) < 4.78 is 5.29. The number of hydrogen-bond donors (Lipinski definition) is 3. The third kappa shape index (κ3) is 10.5. The first-order valence-corrected chi connectivity index (χ1v) is 12.5. The van der Waals surface area contributed by atoms with Gasteiger partial charge in [-0.3, -0.25) is 14.4 Å². The Kier molecular flexibility index (Phi) is 12.7. The fourth-order valence-electron chi connectivity index (χ4n) is 3.56. The number of carbonyl (C=O) groups excluding carboxylic acids is 4. The normalized spacial score (nSPS) is 12.7. The topological polar surface area (TPSA) is 131 Å². The number of nitrogens with two attached hydrogens (primary N) is 1. The van der Waals surface area contributed by atoms with Crippen molar-refractivity contribution in [2.24, 2.45) is 5.73 Å². The van der Waals surface area contributed by atoms with Crippen molar-refractivity contribution in [3.05, 3.63) is 42.0 Å². The van der Waals surface area contributed by atoms with Crippen molar-refractivity contribution in [2.75, 3.05) is 13.1 Å². The summed E-state index contributed by atoms with van der Waals surface area (Å²) in [6, 6.07) is 4.95. The first kappa shape index (κ1) is 30.7. The number of hydrogen-bond acceptors (Lipinski definition) is 5. The Bertz CT molecular complexity index is 910. The van der Waals surface area contributed by atoms with Crippen LogP contribution in [0.25, 0.3) is 6.08 Å². The van der Waals surface area contributed by atoms with Crippen LogP contribution < -0.4 is 16.4 Å². The van der Waals surface area contributed by atoms with Crippen LogP contribution in [0.3, 0.4) is 0 Å². The van der Waals surface area contributed by atoms with E-state index in [1.165, 1.54) is 4.90 Å². The summed E-state index contributed by atoms with van der Waals surface area (Å²) in [5.74, 6) is -1.70. The second-order valence-electron chi connectivity index (χ2n) is 9.68. The molecule has 0 fully saturated rings. The lowest BCUT2D eigenvalue weighted by molar-refractivity contribution is -0.143. The van der Waals surface area contributed by atoms with Gasteiger partial charge in [0.1, 0.15) is 17.7 Å². The third-order valence-corrected chi connectivity index (χ3v) is 5.28. The van der Waals surface area contributed by atoms with Gasteiger partial charge in [0.15, 0.2) is 0 Å². The molecule has 0 saturated heterocycles. The molecule has 4 N–H and O–H groups in total. The number of nitrogens with zero attached hydrogens (tertiary/aromatic N) is 1. The van der Waals surface area contributed by atoms with Crippen molar-refractivity contribution in [1.82, 2.24) is 15.5 Å². The van der Waals surface area contributed by atoms with Gasteiger partial charge in [-0.05, 0) is 50.8 Å². The summed E-state index contributed by atoms with van der Waals surface area (Å²) in [6.07, 6.45) is 3.44. The molecule has 0 spiro atoms. The van der Waals surface area contributed by atoms with Gasteiger partial charge < -0.3 is 26.0 Å². The number of unbranched alkanes of at least 4 members (excludes halogenated alkanes) is 2. The van der Waals surface area contributed by atoms with Gasteiger partial charge >= 0.3 is 6.09 Å². The fraction of sp³-hybridized carbons (Fsp3) is 0.556. The molecule has 2 atom stereocenters. The quantitative estimate of drug-likeness (QED) is 0.334. The fourth-order valence-corrected chi connectivity index (χ4v) is 3.56. The number of amides is 4. The first-order chi connectivity index (χ1) is 16.9. The standard InChI is InChI=1S/C27H42N4O5/c1-7-10-15-29-24(33)23(20-14-12-13-19(9-3)17-20)31(16-11-8-2)25(34)21(18-22(28)32)30-26(35)36-27(4,5)6/h9,12-14,17,21,23H,3,7-8,10-11,15-16,18H2,1-2,4-6H3,(H2,28,32)(H,29,33)(H,30,35). The minimum absolute atomic E-state index is 0.241. The maximum Gasteiger partial charge on any atom is 0.408 e. The van der Waals surface area contributed by atoms with E-state index in [0.717, 1.165) is 24.8 Å². The molecule has 1 aromatic rings. The number of rotatable bonds is 14. The second-order valence-corrected chi connectivity index (χ2v) is 9.68. The van der Waals surface area contributed by atoms with Crippen molar-refractivity contribution in [2.45, 2.75) is 84.4 Å². The molecule has 0 heterocycles. The highest BCUT2D eigenvalue weighted by Crippen LogP contribution is 2.25. The molecule has 9 nitrogen and oxygen atoms in total. The Hall–Kier alpha value is -3.36. The van der Waals surface area contributed by atoms with Gasteiger partial charge in [0.05, 0.1) is 6.42 Å². The molecule has 2 unspecified atom stereocenters. The van der Waals surface area contributed by atoms with E-state index in [2.05, 4.69) is 17.2 Å². The van der Waals surface area contributed by atoms with Crippen LogP contribution in [-0.2, 0) is 19.1 Å². The van der Waals surface area contributed by atoms with E-state index in [-0.39, 0.29) is 12.5 Å². The van der Waals surface area contributed by atoms with Gasteiger partial charge in [-0.25, -0.2) is 4.79 Å². The average Bonchev–Trinajstić information content (AvgIpc) is 2.79. The summed E-state index contributed by atoms with van der Waals surface area (Å²) in [5, 5.41) is 5.40. The molecule has 36 heavy (non-hydrogen) atoms. The second kappa shape index (κ2) is 14.9. The lowest BCUT2D eigenvalue weighted by Crippen LogP contribution is -2.54. The van der Waals surface area contributed by atoms with E-state index < -0.39 is 42.0 Å². The highest BCUT2D eigenvalue weighted by atomic mass is 16.6. The average molecular weight is 503 g/mol. The number of alkyl carbamates (subject to hydrolysis) is 1. The zero-order valence-electron chi connectivity index (χ0n) is 22.3. The van der Waals surface area contributed by atoms with Crippen LogP contribution >= 0.6 is 0 Å².